The fraction of sp³-hybridized carbons (Fsp3) is 0.562. The lowest BCUT2D eigenvalue weighted by Crippen LogP contribution is -2.57. The summed E-state index contributed by atoms with van der Waals surface area (Å²) in [4.78, 5) is 12.4. The number of aliphatic hydroxyl groups is 1. The van der Waals surface area contributed by atoms with E-state index in [-0.39, 0.29) is 33.9 Å². The molecule has 3 rings (SSSR count). The van der Waals surface area contributed by atoms with Gasteiger partial charge in [0.1, 0.15) is 5.69 Å². The van der Waals surface area contributed by atoms with E-state index in [0.29, 0.717) is 11.8 Å². The lowest BCUT2D eigenvalue weighted by Gasteiger charge is -2.32. The molecule has 176 valence electrons. The van der Waals surface area contributed by atoms with Gasteiger partial charge in [0.05, 0.1) is 5.75 Å². The summed E-state index contributed by atoms with van der Waals surface area (Å²) in [6.45, 7) is 3.09. The first-order chi connectivity index (χ1) is 14.7. The minimum absolute atomic E-state index is 0.000374. The highest BCUT2D eigenvalue weighted by Gasteiger charge is 2.62. The van der Waals surface area contributed by atoms with Gasteiger partial charge in [0.25, 0.3) is 11.6 Å². The van der Waals surface area contributed by atoms with Crippen molar-refractivity contribution in [3.05, 3.63) is 11.8 Å². The maximum absolute atomic E-state index is 13.3. The second-order valence-electron chi connectivity index (χ2n) is 6.91. The fourth-order valence-electron chi connectivity index (χ4n) is 3.08. The van der Waals surface area contributed by atoms with Crippen LogP contribution >= 0.6 is 11.8 Å². The number of alkyl halides is 6. The standard InChI is InChI=1S/C16H17F6N7O2S/c1-4-28-12(9-5-10(15(17,18)19)26-27(9)3)23-24-13(28)32-7-11(30)29-14(31,16(20,21)22)6-8(2)25-29/h5,31H,4,6-7H2,1-3H3/t14-/m1/s1. The predicted molar refractivity (Wildman–Crippen MR) is 99.2 cm³/mol. The van der Waals surface area contributed by atoms with E-state index in [2.05, 4.69) is 20.4 Å². The van der Waals surface area contributed by atoms with Crippen LogP contribution in [0.1, 0.15) is 26.0 Å². The van der Waals surface area contributed by atoms with Crippen molar-refractivity contribution < 1.29 is 36.2 Å². The van der Waals surface area contributed by atoms with Gasteiger partial charge in [0.15, 0.2) is 16.7 Å². The number of amides is 1. The SMILES string of the molecule is CCn1c(SCC(=O)N2N=C(C)C[C@@]2(O)C(F)(F)F)nnc1-c1cc(C(F)(F)F)nn1C. The van der Waals surface area contributed by atoms with E-state index in [0.717, 1.165) is 10.7 Å². The van der Waals surface area contributed by atoms with Crippen LogP contribution in [0.15, 0.2) is 16.3 Å². The minimum Gasteiger partial charge on any atom is -0.362 e. The summed E-state index contributed by atoms with van der Waals surface area (Å²) >= 11 is 0.711. The van der Waals surface area contributed by atoms with E-state index >= 15 is 0 Å². The highest BCUT2D eigenvalue weighted by atomic mass is 32.2. The third-order valence-electron chi connectivity index (χ3n) is 4.57. The molecular formula is C16H17F6N7O2S. The zero-order chi connectivity index (χ0) is 24.1. The number of hydrazone groups is 1. The van der Waals surface area contributed by atoms with Crippen molar-refractivity contribution in [1.82, 2.24) is 29.6 Å². The Kier molecular flexibility index (Phi) is 6.05. The Balaban J connectivity index is 1.82. The first kappa shape index (κ1) is 24.0. The molecule has 0 saturated carbocycles. The molecule has 1 aliphatic rings. The minimum atomic E-state index is -5.12. The molecule has 0 spiro atoms. The molecule has 0 saturated heterocycles. The molecule has 2 aromatic rings. The van der Waals surface area contributed by atoms with Crippen LogP contribution in [-0.2, 0) is 24.6 Å². The zero-order valence-electron chi connectivity index (χ0n) is 16.9. The Bertz CT molecular complexity index is 1060. The lowest BCUT2D eigenvalue weighted by atomic mass is 10.1. The van der Waals surface area contributed by atoms with Crippen molar-refractivity contribution in [1.29, 1.82) is 0 Å². The number of hydrogen-bond donors (Lipinski definition) is 1. The first-order valence-electron chi connectivity index (χ1n) is 9.03. The number of carbonyl (C=O) groups is 1. The molecule has 3 heterocycles. The summed E-state index contributed by atoms with van der Waals surface area (Å²) in [7, 11) is 1.29. The van der Waals surface area contributed by atoms with Gasteiger partial charge in [-0.25, -0.2) is 0 Å². The summed E-state index contributed by atoms with van der Waals surface area (Å²) in [6.07, 6.45) is -10.7. The van der Waals surface area contributed by atoms with Gasteiger partial charge in [-0.05, 0) is 19.9 Å². The number of aromatic nitrogens is 5. The van der Waals surface area contributed by atoms with Gasteiger partial charge < -0.3 is 9.67 Å². The number of nitrogens with zero attached hydrogens (tertiary/aromatic N) is 7. The quantitative estimate of drug-likeness (QED) is 0.516. The van der Waals surface area contributed by atoms with Gasteiger partial charge in [-0.3, -0.25) is 9.48 Å². The highest BCUT2D eigenvalue weighted by molar-refractivity contribution is 7.99. The van der Waals surface area contributed by atoms with Crippen LogP contribution in [0.4, 0.5) is 26.3 Å². The van der Waals surface area contributed by atoms with E-state index in [9.17, 15) is 36.2 Å². The average Bonchev–Trinajstić information content (AvgIpc) is 3.33. The van der Waals surface area contributed by atoms with Crippen LogP contribution in [0.2, 0.25) is 0 Å². The Morgan fingerprint density at radius 3 is 2.44 bits per heavy atom. The molecule has 0 aromatic carbocycles. The molecule has 0 bridgehead atoms. The Hall–Kier alpha value is -2.62. The Morgan fingerprint density at radius 2 is 1.91 bits per heavy atom. The molecule has 32 heavy (non-hydrogen) atoms. The van der Waals surface area contributed by atoms with Crippen molar-refractivity contribution in [3.63, 3.8) is 0 Å². The van der Waals surface area contributed by atoms with Crippen molar-refractivity contribution in [2.45, 2.75) is 50.0 Å². The van der Waals surface area contributed by atoms with Crippen molar-refractivity contribution in [3.8, 4) is 11.5 Å². The molecule has 0 radical (unpaired) electrons. The molecule has 1 N–H and O–H groups in total. The second-order valence-corrected chi connectivity index (χ2v) is 7.85. The number of halogens is 6. The molecule has 16 heteroatoms. The van der Waals surface area contributed by atoms with Gasteiger partial charge in [0.2, 0.25) is 0 Å². The van der Waals surface area contributed by atoms with E-state index in [1.807, 2.05) is 0 Å². The molecule has 0 unspecified atom stereocenters. The molecule has 0 fully saturated rings. The van der Waals surface area contributed by atoms with Crippen molar-refractivity contribution in [2.75, 3.05) is 5.75 Å². The van der Waals surface area contributed by atoms with Crippen LogP contribution in [0.3, 0.4) is 0 Å². The molecule has 9 nitrogen and oxygen atoms in total. The van der Waals surface area contributed by atoms with E-state index in [1.165, 1.54) is 18.5 Å². The monoisotopic (exact) mass is 485 g/mol. The zero-order valence-corrected chi connectivity index (χ0v) is 17.7. The van der Waals surface area contributed by atoms with E-state index in [1.54, 1.807) is 6.92 Å². The number of aryl methyl sites for hydroxylation is 1. The van der Waals surface area contributed by atoms with Crippen LogP contribution in [0.25, 0.3) is 11.5 Å². The van der Waals surface area contributed by atoms with Gasteiger partial charge >= 0.3 is 12.4 Å². The third-order valence-corrected chi connectivity index (χ3v) is 5.52. The molecule has 1 aliphatic heterocycles. The van der Waals surface area contributed by atoms with Crippen LogP contribution < -0.4 is 0 Å². The fourth-order valence-corrected chi connectivity index (χ4v) is 3.92. The molecular weight excluding hydrogens is 468 g/mol. The van der Waals surface area contributed by atoms with Crippen LogP contribution in [-0.4, -0.2) is 63.9 Å². The summed E-state index contributed by atoms with van der Waals surface area (Å²) < 4.78 is 81.0. The van der Waals surface area contributed by atoms with Crippen molar-refractivity contribution >= 4 is 23.4 Å². The smallest absolute Gasteiger partial charge is 0.362 e. The number of hydrogen-bond acceptors (Lipinski definition) is 7. The highest BCUT2D eigenvalue weighted by Crippen LogP contribution is 2.40. The summed E-state index contributed by atoms with van der Waals surface area (Å²) in [5.74, 6) is -1.67. The molecule has 2 aromatic heterocycles. The largest absolute Gasteiger partial charge is 0.438 e. The maximum atomic E-state index is 13.3. The third kappa shape index (κ3) is 4.20. The molecule has 1 amide bonds. The normalized spacial score (nSPS) is 19.6. The summed E-state index contributed by atoms with van der Waals surface area (Å²) in [5, 5.41) is 24.7. The maximum Gasteiger partial charge on any atom is 0.438 e. The molecule has 0 aliphatic carbocycles. The molecule has 1 atom stereocenters. The van der Waals surface area contributed by atoms with Crippen LogP contribution in [0, 0.1) is 0 Å². The Labute approximate surface area is 181 Å². The first-order valence-corrected chi connectivity index (χ1v) is 10.0. The predicted octanol–water partition coefficient (Wildman–Crippen LogP) is 2.67. The number of carbonyl (C=O) groups excluding carboxylic acids is 1. The van der Waals surface area contributed by atoms with E-state index in [4.69, 9.17) is 0 Å². The summed E-state index contributed by atoms with van der Waals surface area (Å²) in [6, 6.07) is 0.793. The average molecular weight is 485 g/mol. The van der Waals surface area contributed by atoms with E-state index < -0.39 is 41.9 Å². The van der Waals surface area contributed by atoms with Crippen molar-refractivity contribution in [2.24, 2.45) is 12.1 Å². The number of thioether (sulfide) groups is 1. The van der Waals surface area contributed by atoms with Gasteiger partial charge in [0, 0.05) is 25.7 Å². The Morgan fingerprint density at radius 1 is 1.25 bits per heavy atom. The summed E-state index contributed by atoms with van der Waals surface area (Å²) in [5.41, 5.74) is -4.63. The van der Waals surface area contributed by atoms with Gasteiger partial charge in [-0.2, -0.15) is 41.6 Å². The number of rotatable bonds is 5. The topological polar surface area (TPSA) is 101 Å². The second kappa shape index (κ2) is 8.06. The lowest BCUT2D eigenvalue weighted by molar-refractivity contribution is -0.301. The van der Waals surface area contributed by atoms with Gasteiger partial charge in [-0.15, -0.1) is 10.2 Å². The van der Waals surface area contributed by atoms with Crippen LogP contribution in [0.5, 0.6) is 0 Å². The van der Waals surface area contributed by atoms with Gasteiger partial charge in [-0.1, -0.05) is 11.8 Å².